The van der Waals surface area contributed by atoms with E-state index in [1.807, 2.05) is 20.8 Å². The zero-order valence-electron chi connectivity index (χ0n) is 14.8. The van der Waals surface area contributed by atoms with E-state index in [0.717, 1.165) is 5.56 Å². The molecule has 0 radical (unpaired) electrons. The molecule has 2 rings (SSSR count). The highest BCUT2D eigenvalue weighted by molar-refractivity contribution is 7.91. The van der Waals surface area contributed by atoms with Gasteiger partial charge in [0.1, 0.15) is 5.82 Å². The SMILES string of the molecule is CCNC(=NCC(C)(C)c1ccc(F)cc1Cl)NC1CCS(=O)(=O)C1. The second-order valence-corrected chi connectivity index (χ2v) is 9.58. The Bertz CT molecular complexity index is 750. The third kappa shape index (κ3) is 5.57. The van der Waals surface area contributed by atoms with Crippen LogP contribution in [0.3, 0.4) is 0 Å². The third-order valence-corrected chi connectivity index (χ3v) is 6.29. The number of benzene rings is 1. The van der Waals surface area contributed by atoms with Crippen molar-refractivity contribution in [1.29, 1.82) is 0 Å². The molecule has 0 aromatic heterocycles. The predicted octanol–water partition coefficient (Wildman–Crippen LogP) is 2.50. The van der Waals surface area contributed by atoms with E-state index in [-0.39, 0.29) is 23.4 Å². The second kappa shape index (κ2) is 7.91. The Kier molecular flexibility index (Phi) is 6.32. The largest absolute Gasteiger partial charge is 0.357 e. The summed E-state index contributed by atoms with van der Waals surface area (Å²) in [4.78, 5) is 4.58. The highest BCUT2D eigenvalue weighted by Gasteiger charge is 2.29. The molecule has 140 valence electrons. The minimum atomic E-state index is -2.95. The molecule has 5 nitrogen and oxygen atoms in total. The number of halogens is 2. The number of nitrogens with one attached hydrogen (secondary N) is 2. The molecule has 0 saturated carbocycles. The molecular formula is C17H25ClFN3O2S. The normalized spacial score (nSPS) is 20.5. The Labute approximate surface area is 154 Å². The van der Waals surface area contributed by atoms with Crippen LogP contribution in [-0.2, 0) is 15.3 Å². The summed E-state index contributed by atoms with van der Waals surface area (Å²) in [7, 11) is -2.95. The fraction of sp³-hybridized carbons (Fsp3) is 0.588. The van der Waals surface area contributed by atoms with Crippen molar-refractivity contribution < 1.29 is 12.8 Å². The van der Waals surface area contributed by atoms with Crippen molar-refractivity contribution in [2.75, 3.05) is 24.6 Å². The zero-order valence-corrected chi connectivity index (χ0v) is 16.3. The van der Waals surface area contributed by atoms with E-state index in [1.54, 1.807) is 6.07 Å². The Balaban J connectivity index is 2.11. The number of nitrogens with zero attached hydrogens (tertiary/aromatic N) is 1. The van der Waals surface area contributed by atoms with Crippen LogP contribution in [0.2, 0.25) is 5.02 Å². The topological polar surface area (TPSA) is 70.6 Å². The molecule has 8 heteroatoms. The van der Waals surface area contributed by atoms with Crippen molar-refractivity contribution >= 4 is 27.4 Å². The molecule has 1 unspecified atom stereocenters. The number of guanidine groups is 1. The fourth-order valence-electron chi connectivity index (χ4n) is 2.82. The highest BCUT2D eigenvalue weighted by Crippen LogP contribution is 2.30. The van der Waals surface area contributed by atoms with Gasteiger partial charge in [0.25, 0.3) is 0 Å². The van der Waals surface area contributed by atoms with Gasteiger partial charge in [0.15, 0.2) is 15.8 Å². The summed E-state index contributed by atoms with van der Waals surface area (Å²) in [5, 5.41) is 6.70. The zero-order chi connectivity index (χ0) is 18.7. The first-order valence-electron chi connectivity index (χ1n) is 8.34. The molecule has 2 N–H and O–H groups in total. The molecule has 1 saturated heterocycles. The van der Waals surface area contributed by atoms with Crippen LogP contribution in [-0.4, -0.2) is 45.0 Å². The van der Waals surface area contributed by atoms with E-state index >= 15 is 0 Å². The summed E-state index contributed by atoms with van der Waals surface area (Å²) in [5.74, 6) is 0.548. The molecule has 1 aliphatic rings. The van der Waals surface area contributed by atoms with Crippen LogP contribution >= 0.6 is 11.6 Å². The lowest BCUT2D eigenvalue weighted by atomic mass is 9.84. The molecular weight excluding hydrogens is 365 g/mol. The Hall–Kier alpha value is -1.34. The van der Waals surface area contributed by atoms with Gasteiger partial charge in [-0.2, -0.15) is 0 Å². The van der Waals surface area contributed by atoms with Gasteiger partial charge in [-0.3, -0.25) is 4.99 Å². The van der Waals surface area contributed by atoms with Crippen molar-refractivity contribution in [3.8, 4) is 0 Å². The maximum Gasteiger partial charge on any atom is 0.191 e. The van der Waals surface area contributed by atoms with Crippen molar-refractivity contribution in [1.82, 2.24) is 10.6 Å². The molecule has 0 spiro atoms. The molecule has 1 atom stereocenters. The van der Waals surface area contributed by atoms with E-state index in [4.69, 9.17) is 11.6 Å². The van der Waals surface area contributed by atoms with Gasteiger partial charge in [-0.15, -0.1) is 0 Å². The number of sulfone groups is 1. The lowest BCUT2D eigenvalue weighted by molar-refractivity contribution is 0.532. The number of hydrogen-bond acceptors (Lipinski definition) is 3. The minimum absolute atomic E-state index is 0.125. The third-order valence-electron chi connectivity index (χ3n) is 4.21. The highest BCUT2D eigenvalue weighted by atomic mass is 35.5. The van der Waals surface area contributed by atoms with E-state index in [0.29, 0.717) is 30.5 Å². The second-order valence-electron chi connectivity index (χ2n) is 6.95. The maximum atomic E-state index is 13.3. The average molecular weight is 390 g/mol. The van der Waals surface area contributed by atoms with Crippen LogP contribution < -0.4 is 10.6 Å². The number of hydrogen-bond donors (Lipinski definition) is 2. The van der Waals surface area contributed by atoms with Gasteiger partial charge < -0.3 is 10.6 Å². The van der Waals surface area contributed by atoms with Crippen LogP contribution in [0.4, 0.5) is 4.39 Å². The van der Waals surface area contributed by atoms with Crippen molar-refractivity contribution in [2.24, 2.45) is 4.99 Å². The van der Waals surface area contributed by atoms with Crippen LogP contribution in [0.5, 0.6) is 0 Å². The van der Waals surface area contributed by atoms with Gasteiger partial charge >= 0.3 is 0 Å². The van der Waals surface area contributed by atoms with Gasteiger partial charge in [-0.25, -0.2) is 12.8 Å². The maximum absolute atomic E-state index is 13.3. The quantitative estimate of drug-likeness (QED) is 0.599. The van der Waals surface area contributed by atoms with E-state index in [1.165, 1.54) is 12.1 Å². The summed E-state index contributed by atoms with van der Waals surface area (Å²) in [6, 6.07) is 4.24. The monoisotopic (exact) mass is 389 g/mol. The van der Waals surface area contributed by atoms with Gasteiger partial charge in [0.05, 0.1) is 18.1 Å². The van der Waals surface area contributed by atoms with Crippen LogP contribution in [0, 0.1) is 5.82 Å². The summed E-state index contributed by atoms with van der Waals surface area (Å²) in [6.45, 7) is 7.01. The molecule has 1 heterocycles. The van der Waals surface area contributed by atoms with Crippen LogP contribution in [0.1, 0.15) is 32.8 Å². The van der Waals surface area contributed by atoms with Crippen molar-refractivity contribution in [2.45, 2.75) is 38.6 Å². The lowest BCUT2D eigenvalue weighted by Gasteiger charge is -2.25. The average Bonchev–Trinajstić information content (AvgIpc) is 2.83. The smallest absolute Gasteiger partial charge is 0.191 e. The first-order valence-corrected chi connectivity index (χ1v) is 10.5. The van der Waals surface area contributed by atoms with Gasteiger partial charge in [-0.05, 0) is 31.0 Å². The molecule has 1 aromatic rings. The van der Waals surface area contributed by atoms with E-state index < -0.39 is 15.3 Å². The molecule has 0 amide bonds. The predicted molar refractivity (Wildman–Crippen MR) is 101 cm³/mol. The summed E-state index contributed by atoms with van der Waals surface area (Å²) in [5.41, 5.74) is 0.424. The first-order chi connectivity index (χ1) is 11.6. The number of rotatable bonds is 5. The molecule has 0 aliphatic carbocycles. The molecule has 1 aliphatic heterocycles. The molecule has 0 bridgehead atoms. The van der Waals surface area contributed by atoms with E-state index in [2.05, 4.69) is 15.6 Å². The van der Waals surface area contributed by atoms with Gasteiger partial charge in [0.2, 0.25) is 0 Å². The number of aliphatic imine (C=N–C) groups is 1. The lowest BCUT2D eigenvalue weighted by Crippen LogP contribution is -2.44. The van der Waals surface area contributed by atoms with Crippen molar-refractivity contribution in [3.05, 3.63) is 34.6 Å². The fourth-order valence-corrected chi connectivity index (χ4v) is 4.92. The minimum Gasteiger partial charge on any atom is -0.357 e. The summed E-state index contributed by atoms with van der Waals surface area (Å²) in [6.07, 6.45) is 0.583. The van der Waals surface area contributed by atoms with Crippen molar-refractivity contribution in [3.63, 3.8) is 0 Å². The standard InChI is InChI=1S/C17H25ClFN3O2S/c1-4-20-16(22-13-7-8-25(23,24)10-13)21-11-17(2,3)14-6-5-12(19)9-15(14)18/h5-6,9,13H,4,7-8,10-11H2,1-3H3,(H2,20,21,22). The Morgan fingerprint density at radius 1 is 1.44 bits per heavy atom. The molecule has 1 fully saturated rings. The molecule has 25 heavy (non-hydrogen) atoms. The summed E-state index contributed by atoms with van der Waals surface area (Å²) < 4.78 is 36.5. The van der Waals surface area contributed by atoms with E-state index in [9.17, 15) is 12.8 Å². The molecule has 1 aromatic carbocycles. The first kappa shape index (κ1) is 20.0. The Morgan fingerprint density at radius 2 is 2.16 bits per heavy atom. The van der Waals surface area contributed by atoms with Crippen LogP contribution in [0.25, 0.3) is 0 Å². The summed E-state index contributed by atoms with van der Waals surface area (Å²) >= 11 is 6.17. The van der Waals surface area contributed by atoms with Gasteiger partial charge in [0, 0.05) is 23.0 Å². The van der Waals surface area contributed by atoms with Crippen LogP contribution in [0.15, 0.2) is 23.2 Å². The van der Waals surface area contributed by atoms with Gasteiger partial charge in [-0.1, -0.05) is 31.5 Å². The Morgan fingerprint density at radius 3 is 2.72 bits per heavy atom.